The fourth-order valence-electron chi connectivity index (χ4n) is 2.75. The number of hydrogen-bond donors (Lipinski definition) is 2. The lowest BCUT2D eigenvalue weighted by molar-refractivity contribution is 0.0697. The zero-order valence-corrected chi connectivity index (χ0v) is 13.5. The molecule has 2 N–H and O–H groups in total. The zero-order chi connectivity index (χ0) is 17.4. The van der Waals surface area contributed by atoms with E-state index in [1.807, 2.05) is 31.2 Å². The van der Waals surface area contributed by atoms with Gasteiger partial charge in [0.1, 0.15) is 16.9 Å². The van der Waals surface area contributed by atoms with Gasteiger partial charge in [0, 0.05) is 17.5 Å². The average molecular weight is 333 g/mol. The highest BCUT2D eigenvalue weighted by molar-refractivity contribution is 6.06. The van der Waals surface area contributed by atoms with Gasteiger partial charge in [-0.1, -0.05) is 25.1 Å². The summed E-state index contributed by atoms with van der Waals surface area (Å²) < 4.78 is 5.93. The second-order valence-electron chi connectivity index (χ2n) is 5.63. The van der Waals surface area contributed by atoms with Gasteiger partial charge in [0.25, 0.3) is 0 Å². The first-order valence-electron chi connectivity index (χ1n) is 7.94. The summed E-state index contributed by atoms with van der Waals surface area (Å²) >= 11 is 0. The Hall–Kier alpha value is -3.41. The van der Waals surface area contributed by atoms with Crippen molar-refractivity contribution >= 4 is 39.5 Å². The molecule has 0 bridgehead atoms. The maximum absolute atomic E-state index is 11.2. The molecule has 2 heterocycles. The van der Waals surface area contributed by atoms with Gasteiger partial charge in [-0.15, -0.1) is 0 Å². The van der Waals surface area contributed by atoms with Gasteiger partial charge in [-0.2, -0.15) is 0 Å². The van der Waals surface area contributed by atoms with E-state index in [2.05, 4.69) is 15.3 Å². The van der Waals surface area contributed by atoms with Crippen molar-refractivity contribution in [1.82, 2.24) is 9.97 Å². The largest absolute Gasteiger partial charge is 0.478 e. The first kappa shape index (κ1) is 15.1. The molecule has 0 aliphatic carbocycles. The third-order valence-electron chi connectivity index (χ3n) is 3.95. The molecular weight excluding hydrogens is 318 g/mol. The standard InChI is InChI=1S/C19H15N3O3/c1-2-15-21-16-13-8-3-4-9-14(13)25-17(16)18(22-15)20-12-7-5-6-11(10-12)19(23)24/h3-10H,2H2,1H3,(H,23,24)(H,20,21,22). The molecule has 6 nitrogen and oxygen atoms in total. The van der Waals surface area contributed by atoms with Gasteiger partial charge < -0.3 is 14.8 Å². The van der Waals surface area contributed by atoms with Crippen molar-refractivity contribution in [3.63, 3.8) is 0 Å². The molecule has 0 spiro atoms. The molecule has 0 unspecified atom stereocenters. The summed E-state index contributed by atoms with van der Waals surface area (Å²) in [4.78, 5) is 20.3. The summed E-state index contributed by atoms with van der Waals surface area (Å²) in [7, 11) is 0. The highest BCUT2D eigenvalue weighted by Gasteiger charge is 2.15. The highest BCUT2D eigenvalue weighted by atomic mass is 16.4. The Morgan fingerprint density at radius 3 is 2.80 bits per heavy atom. The van der Waals surface area contributed by atoms with Gasteiger partial charge in [0.2, 0.25) is 0 Å². The number of furan rings is 1. The number of nitrogens with zero attached hydrogens (tertiary/aromatic N) is 2. The van der Waals surface area contributed by atoms with Crippen LogP contribution in [0, 0.1) is 0 Å². The summed E-state index contributed by atoms with van der Waals surface area (Å²) in [6, 6.07) is 14.3. The summed E-state index contributed by atoms with van der Waals surface area (Å²) in [6.07, 6.45) is 0.680. The van der Waals surface area contributed by atoms with Crippen molar-refractivity contribution in [2.45, 2.75) is 13.3 Å². The van der Waals surface area contributed by atoms with E-state index in [0.717, 1.165) is 16.5 Å². The van der Waals surface area contributed by atoms with Crippen molar-refractivity contribution in [2.24, 2.45) is 0 Å². The Bertz CT molecular complexity index is 1100. The van der Waals surface area contributed by atoms with Crippen LogP contribution >= 0.6 is 0 Å². The second-order valence-corrected chi connectivity index (χ2v) is 5.63. The second kappa shape index (κ2) is 5.90. The predicted molar refractivity (Wildman–Crippen MR) is 95.4 cm³/mol. The van der Waals surface area contributed by atoms with Crippen LogP contribution in [0.5, 0.6) is 0 Å². The number of aryl methyl sites for hydroxylation is 1. The number of benzene rings is 2. The van der Waals surface area contributed by atoms with E-state index in [4.69, 9.17) is 9.52 Å². The third-order valence-corrected chi connectivity index (χ3v) is 3.95. The Morgan fingerprint density at radius 1 is 1.16 bits per heavy atom. The summed E-state index contributed by atoms with van der Waals surface area (Å²) in [5.41, 5.74) is 2.87. The number of nitrogens with one attached hydrogen (secondary N) is 1. The smallest absolute Gasteiger partial charge is 0.335 e. The van der Waals surface area contributed by atoms with E-state index in [-0.39, 0.29) is 5.56 Å². The number of carbonyl (C=O) groups is 1. The van der Waals surface area contributed by atoms with E-state index in [0.29, 0.717) is 29.3 Å². The lowest BCUT2D eigenvalue weighted by Crippen LogP contribution is -2.01. The Morgan fingerprint density at radius 2 is 2.00 bits per heavy atom. The fraction of sp³-hybridized carbons (Fsp3) is 0.105. The number of hydrogen-bond acceptors (Lipinski definition) is 5. The Kier molecular flexibility index (Phi) is 3.57. The van der Waals surface area contributed by atoms with Crippen LogP contribution in [0.15, 0.2) is 52.9 Å². The molecule has 0 radical (unpaired) electrons. The molecule has 0 fully saturated rings. The van der Waals surface area contributed by atoms with Crippen molar-refractivity contribution in [2.75, 3.05) is 5.32 Å². The van der Waals surface area contributed by atoms with Crippen LogP contribution in [0.2, 0.25) is 0 Å². The molecule has 0 aliphatic heterocycles. The first-order valence-corrected chi connectivity index (χ1v) is 7.94. The molecule has 0 atom stereocenters. The molecule has 25 heavy (non-hydrogen) atoms. The lowest BCUT2D eigenvalue weighted by Gasteiger charge is -2.08. The molecule has 124 valence electrons. The van der Waals surface area contributed by atoms with Gasteiger partial charge >= 0.3 is 5.97 Å². The molecular formula is C19H15N3O3. The number of rotatable bonds is 4. The quantitative estimate of drug-likeness (QED) is 0.576. The maximum atomic E-state index is 11.2. The minimum atomic E-state index is -0.977. The SMILES string of the molecule is CCc1nc(Nc2cccc(C(=O)O)c2)c2oc3ccccc3c2n1. The number of carboxylic acid groups (broad SMARTS) is 1. The molecule has 4 aromatic rings. The van der Waals surface area contributed by atoms with E-state index in [1.165, 1.54) is 0 Å². The summed E-state index contributed by atoms with van der Waals surface area (Å²) in [6.45, 7) is 1.98. The minimum Gasteiger partial charge on any atom is -0.478 e. The fourth-order valence-corrected chi connectivity index (χ4v) is 2.75. The van der Waals surface area contributed by atoms with E-state index >= 15 is 0 Å². The summed E-state index contributed by atoms with van der Waals surface area (Å²) in [5, 5.41) is 13.3. The molecule has 2 aromatic carbocycles. The van der Waals surface area contributed by atoms with Crippen molar-refractivity contribution in [3.8, 4) is 0 Å². The van der Waals surface area contributed by atoms with E-state index in [1.54, 1.807) is 24.3 Å². The number of aromatic nitrogens is 2. The van der Waals surface area contributed by atoms with E-state index < -0.39 is 5.97 Å². The zero-order valence-electron chi connectivity index (χ0n) is 13.5. The lowest BCUT2D eigenvalue weighted by atomic mass is 10.2. The number of fused-ring (bicyclic) bond motifs is 3. The van der Waals surface area contributed by atoms with Gasteiger partial charge in [-0.3, -0.25) is 0 Å². The van der Waals surface area contributed by atoms with Crippen LogP contribution in [0.3, 0.4) is 0 Å². The van der Waals surface area contributed by atoms with Crippen molar-refractivity contribution in [3.05, 3.63) is 59.9 Å². The average Bonchev–Trinajstić information content (AvgIpc) is 3.01. The van der Waals surface area contributed by atoms with Crippen LogP contribution in [0.25, 0.3) is 22.1 Å². The minimum absolute atomic E-state index is 0.204. The molecule has 6 heteroatoms. The maximum Gasteiger partial charge on any atom is 0.335 e. The Labute approximate surface area is 143 Å². The van der Waals surface area contributed by atoms with Gasteiger partial charge in [0.05, 0.1) is 5.56 Å². The predicted octanol–water partition coefficient (Wildman–Crippen LogP) is 4.38. The van der Waals surface area contributed by atoms with Crippen molar-refractivity contribution < 1.29 is 14.3 Å². The van der Waals surface area contributed by atoms with Gasteiger partial charge in [-0.05, 0) is 30.3 Å². The first-order chi connectivity index (χ1) is 12.2. The number of anilines is 2. The van der Waals surface area contributed by atoms with Crippen LogP contribution in [0.4, 0.5) is 11.5 Å². The summed E-state index contributed by atoms with van der Waals surface area (Å²) in [5.74, 6) is 0.242. The molecule has 0 saturated carbocycles. The van der Waals surface area contributed by atoms with Gasteiger partial charge in [-0.25, -0.2) is 14.8 Å². The van der Waals surface area contributed by atoms with Crippen LogP contribution < -0.4 is 5.32 Å². The monoisotopic (exact) mass is 333 g/mol. The van der Waals surface area contributed by atoms with Crippen LogP contribution in [-0.2, 0) is 6.42 Å². The number of aromatic carboxylic acids is 1. The van der Waals surface area contributed by atoms with Crippen LogP contribution in [-0.4, -0.2) is 21.0 Å². The molecule has 0 aliphatic rings. The van der Waals surface area contributed by atoms with Crippen LogP contribution in [0.1, 0.15) is 23.1 Å². The number of carboxylic acids is 1. The highest BCUT2D eigenvalue weighted by Crippen LogP contribution is 2.32. The molecule has 0 amide bonds. The van der Waals surface area contributed by atoms with E-state index in [9.17, 15) is 4.79 Å². The topological polar surface area (TPSA) is 88.2 Å². The molecule has 2 aromatic heterocycles. The Balaban J connectivity index is 1.88. The molecule has 0 saturated heterocycles. The third kappa shape index (κ3) is 2.67. The molecule has 4 rings (SSSR count). The normalized spacial score (nSPS) is 11.1. The van der Waals surface area contributed by atoms with Crippen molar-refractivity contribution in [1.29, 1.82) is 0 Å². The van der Waals surface area contributed by atoms with Gasteiger partial charge in [0.15, 0.2) is 11.4 Å². The number of para-hydroxylation sites is 1.